The van der Waals surface area contributed by atoms with E-state index in [-0.39, 0.29) is 6.61 Å². The van der Waals surface area contributed by atoms with E-state index >= 15 is 0 Å². The van der Waals surface area contributed by atoms with Gasteiger partial charge in [-0.05, 0) is 42.5 Å². The van der Waals surface area contributed by atoms with Crippen molar-refractivity contribution in [3.05, 3.63) is 48.5 Å². The maximum absolute atomic E-state index is 9.86. The summed E-state index contributed by atoms with van der Waals surface area (Å²) in [5, 5.41) is 10.7. The van der Waals surface area contributed by atoms with Gasteiger partial charge in [-0.1, -0.05) is 12.1 Å². The third-order valence-corrected chi connectivity index (χ3v) is 5.56. The first-order valence-electron chi connectivity index (χ1n) is 10.1. The average Bonchev–Trinajstić information content (AvgIpc) is 3.18. The van der Waals surface area contributed by atoms with Crippen molar-refractivity contribution in [3.8, 4) is 11.1 Å². The Balaban J connectivity index is 1.61. The summed E-state index contributed by atoms with van der Waals surface area (Å²) in [5.74, 6) is 1.13. The smallest absolute Gasteiger partial charge is 0.171 e. The number of pyridine rings is 2. The topological polar surface area (TPSA) is 108 Å². The zero-order valence-electron chi connectivity index (χ0n) is 16.5. The number of nitrogen functional groups attached to an aromatic ring is 1. The number of nitrogens with zero attached hydrogens (tertiary/aromatic N) is 4. The van der Waals surface area contributed by atoms with Gasteiger partial charge in [0.15, 0.2) is 11.6 Å². The third-order valence-electron chi connectivity index (χ3n) is 5.56. The Morgan fingerprint density at radius 3 is 2.80 bits per heavy atom. The summed E-state index contributed by atoms with van der Waals surface area (Å²) in [7, 11) is 0. The molecule has 0 bridgehead atoms. The van der Waals surface area contributed by atoms with Crippen LogP contribution in [0.3, 0.4) is 0 Å². The Labute approximate surface area is 173 Å². The lowest BCUT2D eigenvalue weighted by Gasteiger charge is -2.22. The molecule has 3 N–H and O–H groups in total. The molecular weight excluding hydrogens is 382 g/mol. The number of aromatic nitrogens is 4. The third kappa shape index (κ3) is 3.34. The number of aliphatic hydroxyl groups excluding tert-OH is 1. The van der Waals surface area contributed by atoms with Gasteiger partial charge in [-0.25, -0.2) is 9.97 Å². The molecule has 0 radical (unpaired) electrons. The summed E-state index contributed by atoms with van der Waals surface area (Å²) in [4.78, 5) is 19.4. The Morgan fingerprint density at radius 2 is 2.03 bits per heavy atom. The van der Waals surface area contributed by atoms with Crippen LogP contribution in [0.4, 0.5) is 5.82 Å². The van der Waals surface area contributed by atoms with E-state index in [1.807, 2.05) is 36.5 Å². The SMILES string of the molecule is Nc1nc2cc(-c3cccnc3)ccc2c2c1nc(CO)n2OCC1CCOCC1. The van der Waals surface area contributed by atoms with Crippen LogP contribution in [-0.4, -0.2) is 44.6 Å². The van der Waals surface area contributed by atoms with Gasteiger partial charge in [0, 0.05) is 36.6 Å². The number of nitrogens with two attached hydrogens (primary N) is 1. The Morgan fingerprint density at radius 1 is 1.17 bits per heavy atom. The molecule has 3 aromatic heterocycles. The Hall–Kier alpha value is -3.23. The molecule has 1 saturated heterocycles. The highest BCUT2D eigenvalue weighted by atomic mass is 16.7. The number of hydrogen-bond acceptors (Lipinski definition) is 7. The zero-order chi connectivity index (χ0) is 20.5. The molecule has 1 aromatic carbocycles. The zero-order valence-corrected chi connectivity index (χ0v) is 16.5. The van der Waals surface area contributed by atoms with E-state index < -0.39 is 0 Å². The predicted octanol–water partition coefficient (Wildman–Crippen LogP) is 2.58. The van der Waals surface area contributed by atoms with Crippen molar-refractivity contribution >= 4 is 27.8 Å². The van der Waals surface area contributed by atoms with Crippen LogP contribution in [0, 0.1) is 5.92 Å². The normalized spacial score (nSPS) is 15.1. The molecular formula is C22H23N5O3. The lowest BCUT2D eigenvalue weighted by atomic mass is 10.0. The van der Waals surface area contributed by atoms with Gasteiger partial charge >= 0.3 is 0 Å². The fourth-order valence-electron chi connectivity index (χ4n) is 3.92. The molecule has 154 valence electrons. The van der Waals surface area contributed by atoms with Crippen molar-refractivity contribution in [3.63, 3.8) is 0 Å². The highest BCUT2D eigenvalue weighted by molar-refractivity contribution is 6.07. The minimum atomic E-state index is -0.253. The van der Waals surface area contributed by atoms with Gasteiger partial charge in [0.1, 0.15) is 24.2 Å². The van der Waals surface area contributed by atoms with Crippen LogP contribution in [0.15, 0.2) is 42.7 Å². The van der Waals surface area contributed by atoms with Crippen molar-refractivity contribution in [1.29, 1.82) is 0 Å². The second-order valence-electron chi connectivity index (χ2n) is 7.50. The van der Waals surface area contributed by atoms with E-state index in [1.54, 1.807) is 10.9 Å². The molecule has 4 aromatic rings. The average molecular weight is 405 g/mol. The number of fused-ring (bicyclic) bond motifs is 3. The molecule has 4 heterocycles. The molecule has 8 nitrogen and oxygen atoms in total. The van der Waals surface area contributed by atoms with E-state index in [2.05, 4.69) is 15.0 Å². The van der Waals surface area contributed by atoms with Gasteiger partial charge in [-0.15, -0.1) is 0 Å². The summed E-state index contributed by atoms with van der Waals surface area (Å²) >= 11 is 0. The molecule has 0 saturated carbocycles. The van der Waals surface area contributed by atoms with Gasteiger partial charge < -0.3 is 20.4 Å². The largest absolute Gasteiger partial charge is 0.412 e. The van der Waals surface area contributed by atoms with Gasteiger partial charge in [0.2, 0.25) is 0 Å². The second-order valence-corrected chi connectivity index (χ2v) is 7.50. The number of aliphatic hydroxyl groups is 1. The number of rotatable bonds is 5. The van der Waals surface area contributed by atoms with Gasteiger partial charge in [-0.2, -0.15) is 4.73 Å². The van der Waals surface area contributed by atoms with Crippen molar-refractivity contribution in [2.24, 2.45) is 5.92 Å². The fourth-order valence-corrected chi connectivity index (χ4v) is 3.92. The monoisotopic (exact) mass is 405 g/mol. The number of ether oxygens (including phenoxy) is 1. The highest BCUT2D eigenvalue weighted by Gasteiger charge is 2.21. The van der Waals surface area contributed by atoms with Crippen LogP contribution in [-0.2, 0) is 11.3 Å². The minimum absolute atomic E-state index is 0.253. The lowest BCUT2D eigenvalue weighted by Crippen LogP contribution is -2.26. The second kappa shape index (κ2) is 7.89. The van der Waals surface area contributed by atoms with Crippen molar-refractivity contribution in [2.75, 3.05) is 25.6 Å². The maximum atomic E-state index is 9.86. The van der Waals surface area contributed by atoms with Crippen LogP contribution in [0.5, 0.6) is 0 Å². The summed E-state index contributed by atoms with van der Waals surface area (Å²) in [6, 6.07) is 9.89. The molecule has 5 rings (SSSR count). The van der Waals surface area contributed by atoms with Crippen LogP contribution >= 0.6 is 0 Å². The number of imidazole rings is 1. The van der Waals surface area contributed by atoms with Crippen LogP contribution in [0.25, 0.3) is 33.1 Å². The van der Waals surface area contributed by atoms with Crippen molar-refractivity contribution in [1.82, 2.24) is 19.7 Å². The Kier molecular flexibility index (Phi) is 4.94. The molecule has 1 fully saturated rings. The van der Waals surface area contributed by atoms with E-state index in [1.165, 1.54) is 0 Å². The number of anilines is 1. The predicted molar refractivity (Wildman–Crippen MR) is 114 cm³/mol. The minimum Gasteiger partial charge on any atom is -0.412 e. The van der Waals surface area contributed by atoms with E-state index in [0.29, 0.717) is 29.7 Å². The first-order valence-corrected chi connectivity index (χ1v) is 10.1. The van der Waals surface area contributed by atoms with E-state index in [9.17, 15) is 5.11 Å². The van der Waals surface area contributed by atoms with Gasteiger partial charge in [0.25, 0.3) is 0 Å². The number of benzene rings is 1. The molecule has 0 aliphatic carbocycles. The highest BCUT2D eigenvalue weighted by Crippen LogP contribution is 2.31. The van der Waals surface area contributed by atoms with Crippen molar-refractivity contribution < 1.29 is 14.7 Å². The first kappa shape index (κ1) is 18.8. The Bertz CT molecular complexity index is 1190. The molecule has 0 spiro atoms. The fraction of sp³-hybridized carbons (Fsp3) is 0.318. The lowest BCUT2D eigenvalue weighted by molar-refractivity contribution is 0.0135. The van der Waals surface area contributed by atoms with E-state index in [4.69, 9.17) is 15.3 Å². The summed E-state index contributed by atoms with van der Waals surface area (Å²) in [5.41, 5.74) is 10.2. The molecule has 0 atom stereocenters. The van der Waals surface area contributed by atoms with E-state index in [0.717, 1.165) is 53.6 Å². The molecule has 1 aliphatic heterocycles. The summed E-state index contributed by atoms with van der Waals surface area (Å²) in [6.07, 6.45) is 5.48. The van der Waals surface area contributed by atoms with Crippen LogP contribution in [0.2, 0.25) is 0 Å². The molecule has 0 amide bonds. The van der Waals surface area contributed by atoms with Gasteiger partial charge in [0.05, 0.1) is 5.52 Å². The first-order chi connectivity index (χ1) is 14.7. The molecule has 30 heavy (non-hydrogen) atoms. The maximum Gasteiger partial charge on any atom is 0.171 e. The van der Waals surface area contributed by atoms with Crippen LogP contribution < -0.4 is 10.6 Å². The van der Waals surface area contributed by atoms with Gasteiger partial charge in [-0.3, -0.25) is 4.98 Å². The summed E-state index contributed by atoms with van der Waals surface area (Å²) in [6.45, 7) is 1.78. The van der Waals surface area contributed by atoms with Crippen LogP contribution in [0.1, 0.15) is 18.7 Å². The quantitative estimate of drug-likeness (QED) is 0.525. The summed E-state index contributed by atoms with van der Waals surface area (Å²) < 4.78 is 7.05. The molecule has 1 aliphatic rings. The standard InChI is InChI=1S/C22H23N5O3/c23-22-20-21(27(19(12-28)26-20)30-13-14-5-8-29-9-6-14)17-4-3-15(10-18(17)25-22)16-2-1-7-24-11-16/h1-4,7,10-11,14,28H,5-6,8-9,12-13H2,(H2,23,25). The molecule has 8 heteroatoms. The number of hydrogen-bond donors (Lipinski definition) is 2. The van der Waals surface area contributed by atoms with Crippen molar-refractivity contribution in [2.45, 2.75) is 19.4 Å². The molecule has 0 unspecified atom stereocenters.